The maximum absolute atomic E-state index is 13.9. The zero-order chi connectivity index (χ0) is 13.1. The number of nitrogens with zero attached hydrogens (tertiary/aromatic N) is 1. The van der Waals surface area contributed by atoms with Crippen molar-refractivity contribution in [3.63, 3.8) is 0 Å². The topological polar surface area (TPSA) is 35.5 Å². The molecule has 0 saturated carbocycles. The molecule has 1 aromatic rings. The Bertz CT molecular complexity index is 420. The molecule has 1 aliphatic rings. The predicted octanol–water partition coefficient (Wildman–Crippen LogP) is 1.21. The number of hydrogen-bond donors (Lipinski definition) is 2. The average molecular weight is 256 g/mol. The normalized spacial score (nSPS) is 18.9. The first-order valence-corrected chi connectivity index (χ1v) is 6.15. The van der Waals surface area contributed by atoms with Crippen molar-refractivity contribution in [2.24, 2.45) is 0 Å². The van der Waals surface area contributed by atoms with Crippen molar-refractivity contribution >= 4 is 0 Å². The van der Waals surface area contributed by atoms with E-state index in [1.807, 2.05) is 4.90 Å². The van der Waals surface area contributed by atoms with Gasteiger partial charge in [0, 0.05) is 31.7 Å². The minimum absolute atomic E-state index is 0.209. The Kier molecular flexibility index (Phi) is 4.27. The van der Waals surface area contributed by atoms with E-state index < -0.39 is 17.7 Å². The number of nitrogens with one attached hydrogen (secondary N) is 1. The molecule has 0 aromatic heterocycles. The molecule has 1 atom stereocenters. The summed E-state index contributed by atoms with van der Waals surface area (Å²) in [6, 6.07) is 2.65. The van der Waals surface area contributed by atoms with Crippen molar-refractivity contribution in [1.29, 1.82) is 0 Å². The van der Waals surface area contributed by atoms with Gasteiger partial charge >= 0.3 is 0 Å². The molecule has 100 valence electrons. The fourth-order valence-corrected chi connectivity index (χ4v) is 2.32. The third kappa shape index (κ3) is 2.53. The highest BCUT2D eigenvalue weighted by atomic mass is 19.2. The van der Waals surface area contributed by atoms with E-state index in [4.69, 9.17) is 0 Å². The number of benzene rings is 1. The van der Waals surface area contributed by atoms with Gasteiger partial charge in [0.1, 0.15) is 0 Å². The highest BCUT2D eigenvalue weighted by molar-refractivity contribution is 5.28. The van der Waals surface area contributed by atoms with Crippen molar-refractivity contribution in [2.75, 3.05) is 32.8 Å². The van der Waals surface area contributed by atoms with Crippen LogP contribution in [0.4, 0.5) is 8.78 Å². The second kappa shape index (κ2) is 5.73. The van der Waals surface area contributed by atoms with Crippen LogP contribution < -0.4 is 5.32 Å². The summed E-state index contributed by atoms with van der Waals surface area (Å²) in [5.74, 6) is -1.66. The van der Waals surface area contributed by atoms with Gasteiger partial charge in [-0.3, -0.25) is 4.90 Å². The average Bonchev–Trinajstić information content (AvgIpc) is 2.41. The molecule has 0 unspecified atom stereocenters. The van der Waals surface area contributed by atoms with Gasteiger partial charge < -0.3 is 10.4 Å². The fraction of sp³-hybridized carbons (Fsp3) is 0.538. The Morgan fingerprint density at radius 1 is 1.28 bits per heavy atom. The van der Waals surface area contributed by atoms with Gasteiger partial charge in [0.05, 0.1) is 12.6 Å². The Balaban J connectivity index is 2.29. The van der Waals surface area contributed by atoms with Crippen LogP contribution in [0.3, 0.4) is 0 Å². The molecule has 0 spiro atoms. The summed E-state index contributed by atoms with van der Waals surface area (Å²) >= 11 is 0. The third-order valence-electron chi connectivity index (χ3n) is 3.43. The minimum atomic E-state index is -0.840. The van der Waals surface area contributed by atoms with Gasteiger partial charge in [-0.05, 0) is 12.5 Å². The second-order valence-corrected chi connectivity index (χ2v) is 4.58. The number of aliphatic hydroxyl groups is 1. The molecule has 1 aromatic carbocycles. The van der Waals surface area contributed by atoms with Crippen LogP contribution in [0.5, 0.6) is 0 Å². The molecule has 1 saturated heterocycles. The van der Waals surface area contributed by atoms with Gasteiger partial charge in [-0.15, -0.1) is 0 Å². The smallest absolute Gasteiger partial charge is 0.163 e. The summed E-state index contributed by atoms with van der Waals surface area (Å²) in [4.78, 5) is 1.98. The molecule has 0 aliphatic carbocycles. The van der Waals surface area contributed by atoms with E-state index in [1.165, 1.54) is 6.92 Å². The maximum atomic E-state index is 13.9. The van der Waals surface area contributed by atoms with Gasteiger partial charge in [0.25, 0.3) is 0 Å². The molecule has 1 heterocycles. The Labute approximate surface area is 105 Å². The lowest BCUT2D eigenvalue weighted by Gasteiger charge is -2.34. The predicted molar refractivity (Wildman–Crippen MR) is 65.4 cm³/mol. The zero-order valence-electron chi connectivity index (χ0n) is 10.4. The summed E-state index contributed by atoms with van der Waals surface area (Å²) in [6.07, 6.45) is 0. The minimum Gasteiger partial charge on any atom is -0.394 e. The molecule has 0 amide bonds. The first kappa shape index (κ1) is 13.4. The lowest BCUT2D eigenvalue weighted by Crippen LogP contribution is -2.46. The number of rotatable bonds is 3. The second-order valence-electron chi connectivity index (χ2n) is 4.58. The van der Waals surface area contributed by atoms with Crippen LogP contribution in [0.2, 0.25) is 0 Å². The largest absolute Gasteiger partial charge is 0.394 e. The highest BCUT2D eigenvalue weighted by Crippen LogP contribution is 2.26. The number of halogens is 2. The Morgan fingerprint density at radius 2 is 1.94 bits per heavy atom. The Hall–Kier alpha value is -1.04. The molecule has 2 N–H and O–H groups in total. The summed E-state index contributed by atoms with van der Waals surface area (Å²) in [7, 11) is 0. The van der Waals surface area contributed by atoms with Gasteiger partial charge in [-0.25, -0.2) is 8.78 Å². The van der Waals surface area contributed by atoms with E-state index in [0.717, 1.165) is 26.2 Å². The maximum Gasteiger partial charge on any atom is 0.163 e. The van der Waals surface area contributed by atoms with Crippen LogP contribution in [-0.4, -0.2) is 42.8 Å². The number of hydrogen-bond acceptors (Lipinski definition) is 3. The van der Waals surface area contributed by atoms with E-state index in [1.54, 1.807) is 12.1 Å². The van der Waals surface area contributed by atoms with E-state index in [-0.39, 0.29) is 17.7 Å². The molecule has 18 heavy (non-hydrogen) atoms. The summed E-state index contributed by atoms with van der Waals surface area (Å²) < 4.78 is 27.5. The molecule has 1 aliphatic heterocycles. The number of aryl methyl sites for hydroxylation is 1. The van der Waals surface area contributed by atoms with Gasteiger partial charge in [0.15, 0.2) is 11.6 Å². The standard InChI is InChI=1S/C13H18F2N2O/c1-9-2-3-10(13(15)12(9)14)11(8-18)17-6-4-16-5-7-17/h2-3,11,16,18H,4-8H2,1H3/t11-/m0/s1. The molecule has 0 bridgehead atoms. The van der Waals surface area contributed by atoms with Gasteiger partial charge in [0.2, 0.25) is 0 Å². The monoisotopic (exact) mass is 256 g/mol. The van der Waals surface area contributed by atoms with Crippen molar-refractivity contribution in [2.45, 2.75) is 13.0 Å². The summed E-state index contributed by atoms with van der Waals surface area (Å²) in [5.41, 5.74) is 0.524. The van der Waals surface area contributed by atoms with E-state index in [9.17, 15) is 13.9 Å². The number of piperazine rings is 1. The van der Waals surface area contributed by atoms with E-state index in [0.29, 0.717) is 0 Å². The fourth-order valence-electron chi connectivity index (χ4n) is 2.32. The van der Waals surface area contributed by atoms with Crippen molar-refractivity contribution in [3.8, 4) is 0 Å². The zero-order valence-corrected chi connectivity index (χ0v) is 10.4. The van der Waals surface area contributed by atoms with Crippen LogP contribution in [0.15, 0.2) is 12.1 Å². The van der Waals surface area contributed by atoms with Crippen molar-refractivity contribution in [1.82, 2.24) is 10.2 Å². The molecule has 5 heteroatoms. The van der Waals surface area contributed by atoms with E-state index >= 15 is 0 Å². The molecular formula is C13H18F2N2O. The van der Waals surface area contributed by atoms with Gasteiger partial charge in [-0.2, -0.15) is 0 Å². The van der Waals surface area contributed by atoms with Crippen molar-refractivity contribution in [3.05, 3.63) is 34.9 Å². The quantitative estimate of drug-likeness (QED) is 0.853. The molecular weight excluding hydrogens is 238 g/mol. The Morgan fingerprint density at radius 3 is 2.56 bits per heavy atom. The van der Waals surface area contributed by atoms with Crippen LogP contribution in [0.25, 0.3) is 0 Å². The lowest BCUT2D eigenvalue weighted by atomic mass is 10.0. The summed E-state index contributed by atoms with van der Waals surface area (Å²) in [5, 5.41) is 12.7. The third-order valence-corrected chi connectivity index (χ3v) is 3.43. The number of aliphatic hydroxyl groups excluding tert-OH is 1. The van der Waals surface area contributed by atoms with Crippen molar-refractivity contribution < 1.29 is 13.9 Å². The summed E-state index contributed by atoms with van der Waals surface area (Å²) in [6.45, 7) is 4.36. The van der Waals surface area contributed by atoms with Crippen LogP contribution in [0.1, 0.15) is 17.2 Å². The van der Waals surface area contributed by atoms with Gasteiger partial charge in [-0.1, -0.05) is 12.1 Å². The first-order chi connectivity index (χ1) is 8.65. The first-order valence-electron chi connectivity index (χ1n) is 6.15. The van der Waals surface area contributed by atoms with Crippen LogP contribution >= 0.6 is 0 Å². The highest BCUT2D eigenvalue weighted by Gasteiger charge is 2.25. The lowest BCUT2D eigenvalue weighted by molar-refractivity contribution is 0.108. The molecule has 3 nitrogen and oxygen atoms in total. The SMILES string of the molecule is Cc1ccc([C@H](CO)N2CCNCC2)c(F)c1F. The molecule has 2 rings (SSSR count). The molecule has 1 fully saturated rings. The van der Waals surface area contributed by atoms with Crippen LogP contribution in [0, 0.1) is 18.6 Å². The molecule has 0 radical (unpaired) electrons. The van der Waals surface area contributed by atoms with Crippen LogP contribution in [-0.2, 0) is 0 Å². The van der Waals surface area contributed by atoms with E-state index in [2.05, 4.69) is 5.32 Å².